The molecule has 3 heterocycles. The number of rotatable bonds is 7. The van der Waals surface area contributed by atoms with Crippen LogP contribution in [0, 0.1) is 0 Å². The number of aromatic nitrogens is 4. The van der Waals surface area contributed by atoms with Crippen LogP contribution in [0.15, 0.2) is 79.1 Å². The van der Waals surface area contributed by atoms with Gasteiger partial charge in [0.15, 0.2) is 0 Å². The van der Waals surface area contributed by atoms with E-state index in [9.17, 15) is 27.6 Å². The van der Waals surface area contributed by atoms with Crippen molar-refractivity contribution in [2.45, 2.75) is 45.6 Å². The normalized spacial score (nSPS) is 14.5. The molecule has 5 rings (SSSR count). The third-order valence-corrected chi connectivity index (χ3v) is 6.42. The number of carbonyl (C=O) groups is 3. The lowest BCUT2D eigenvalue weighted by Gasteiger charge is -2.32. The van der Waals surface area contributed by atoms with Crippen LogP contribution in [0.1, 0.15) is 41.9 Å². The zero-order chi connectivity index (χ0) is 30.3. The molecule has 1 atom stereocenters. The zero-order valence-corrected chi connectivity index (χ0v) is 23.0. The summed E-state index contributed by atoms with van der Waals surface area (Å²) in [6.45, 7) is 4.60. The number of carbonyl (C=O) groups excluding carboxylic acids is 3. The number of fused-ring (bicyclic) bond motifs is 1. The van der Waals surface area contributed by atoms with Crippen molar-refractivity contribution in [2.24, 2.45) is 0 Å². The highest BCUT2D eigenvalue weighted by molar-refractivity contribution is 6.03. The molecule has 0 aliphatic carbocycles. The van der Waals surface area contributed by atoms with Gasteiger partial charge in [-0.25, -0.2) is 4.68 Å². The number of likely N-dealkylation sites (N-methyl/N-ethyl adjacent to an activating group) is 1. The molecule has 0 radical (unpaired) electrons. The Hall–Kier alpha value is -4.94. The molecule has 10 nitrogen and oxygen atoms in total. The Labute approximate surface area is 240 Å². The van der Waals surface area contributed by atoms with Gasteiger partial charge in [-0.2, -0.15) is 14.9 Å². The number of amides is 3. The molecule has 0 saturated heterocycles. The van der Waals surface area contributed by atoms with E-state index in [-0.39, 0.29) is 22.9 Å². The number of para-hydroxylation sites is 1. The Morgan fingerprint density at radius 3 is 2.26 bits per heavy atom. The van der Waals surface area contributed by atoms with Crippen molar-refractivity contribution in [1.82, 2.24) is 30.2 Å². The average Bonchev–Trinajstić information content (AvgIpc) is 3.66. The van der Waals surface area contributed by atoms with Crippen LogP contribution in [0.3, 0.4) is 0 Å². The fourth-order valence-corrected chi connectivity index (χ4v) is 4.32. The van der Waals surface area contributed by atoms with E-state index in [1.165, 1.54) is 4.90 Å². The highest BCUT2D eigenvalue weighted by Crippen LogP contribution is 2.30. The number of nitrogens with one attached hydrogen (secondary N) is 2. The molecule has 4 aromatic rings. The van der Waals surface area contributed by atoms with Gasteiger partial charge < -0.3 is 10.6 Å². The maximum absolute atomic E-state index is 13.0. The van der Waals surface area contributed by atoms with Gasteiger partial charge in [-0.1, -0.05) is 55.5 Å². The van der Waals surface area contributed by atoms with Crippen LogP contribution in [0.5, 0.6) is 0 Å². The first-order valence-corrected chi connectivity index (χ1v) is 13.3. The number of halogens is 3. The lowest BCUT2D eigenvalue weighted by atomic mass is 10.0. The molecule has 1 unspecified atom stereocenters. The topological polar surface area (TPSA) is 114 Å². The van der Waals surface area contributed by atoms with Crippen molar-refractivity contribution in [3.63, 3.8) is 0 Å². The molecule has 0 spiro atoms. The third kappa shape index (κ3) is 7.03. The summed E-state index contributed by atoms with van der Waals surface area (Å²) in [6.07, 6.45) is -1.73. The van der Waals surface area contributed by atoms with Crippen LogP contribution in [-0.2, 0) is 28.9 Å². The zero-order valence-electron chi connectivity index (χ0n) is 23.0. The predicted molar refractivity (Wildman–Crippen MR) is 149 cm³/mol. The molecule has 0 bridgehead atoms. The molecule has 2 N–H and O–H groups in total. The predicted octanol–water partition coefficient (Wildman–Crippen LogP) is 3.97. The minimum absolute atomic E-state index is 0.0962. The molecule has 1 aliphatic heterocycles. The summed E-state index contributed by atoms with van der Waals surface area (Å²) in [6, 6.07) is 19.2. The first-order chi connectivity index (χ1) is 20.1. The molecule has 220 valence electrons. The third-order valence-electron chi connectivity index (χ3n) is 6.42. The number of nitrogens with zero attached hydrogens (tertiary/aromatic N) is 5. The molecular formula is C29H30F3N7O3. The van der Waals surface area contributed by atoms with Crippen molar-refractivity contribution in [3.8, 4) is 5.69 Å². The lowest BCUT2D eigenvalue weighted by Crippen LogP contribution is -2.53. The van der Waals surface area contributed by atoms with Crippen LogP contribution in [0.2, 0.25) is 0 Å². The van der Waals surface area contributed by atoms with E-state index in [2.05, 4.69) is 20.8 Å². The Balaban J connectivity index is 0.000000283. The smallest absolute Gasteiger partial charge is 0.352 e. The Morgan fingerprint density at radius 2 is 1.67 bits per heavy atom. The van der Waals surface area contributed by atoms with Gasteiger partial charge in [-0.15, -0.1) is 13.2 Å². The summed E-state index contributed by atoms with van der Waals surface area (Å²) in [4.78, 5) is 37.8. The fraction of sp³-hybridized carbons (Fsp3) is 0.276. The van der Waals surface area contributed by atoms with Crippen LogP contribution in [-0.4, -0.2) is 49.9 Å². The second-order valence-corrected chi connectivity index (χ2v) is 9.28. The first-order valence-electron chi connectivity index (χ1n) is 13.3. The van der Waals surface area contributed by atoms with Gasteiger partial charge in [0, 0.05) is 37.7 Å². The lowest BCUT2D eigenvalue weighted by molar-refractivity contribution is -0.212. The molecule has 13 heteroatoms. The quantitative estimate of drug-likeness (QED) is 0.343. The summed E-state index contributed by atoms with van der Waals surface area (Å²) in [5.41, 5.74) is 2.24. The van der Waals surface area contributed by atoms with Gasteiger partial charge in [0.25, 0.3) is 11.8 Å². The molecule has 0 fully saturated rings. The van der Waals surface area contributed by atoms with Gasteiger partial charge in [0.2, 0.25) is 5.91 Å². The van der Waals surface area contributed by atoms with E-state index in [1.54, 1.807) is 17.8 Å². The van der Waals surface area contributed by atoms with Crippen LogP contribution in [0.4, 0.5) is 19.0 Å². The number of hydrogen-bond donors (Lipinski definition) is 2. The van der Waals surface area contributed by atoms with Gasteiger partial charge in [-0.3, -0.25) is 19.3 Å². The van der Waals surface area contributed by atoms with Crippen molar-refractivity contribution in [3.05, 3.63) is 95.9 Å². The van der Waals surface area contributed by atoms with Crippen molar-refractivity contribution in [2.75, 3.05) is 11.4 Å². The Morgan fingerprint density at radius 1 is 1.00 bits per heavy atom. The highest BCUT2D eigenvalue weighted by atomic mass is 19.4. The SMILES string of the molecule is CCC(=O)NCc1ccccc1.CCN1C(=O)C(NC(=O)c2ccn(C(F)(F)F)n2)Cc2cnn(-c3ccccc3)c21. The number of alkyl halides is 3. The molecule has 0 saturated carbocycles. The molecule has 1 aliphatic rings. The molecule has 3 amide bonds. The van der Waals surface area contributed by atoms with E-state index in [0.717, 1.165) is 22.9 Å². The molecule has 2 aromatic heterocycles. The molecule has 42 heavy (non-hydrogen) atoms. The van der Waals surface area contributed by atoms with Crippen molar-refractivity contribution < 1.29 is 27.6 Å². The van der Waals surface area contributed by atoms with Gasteiger partial charge in [0.05, 0.1) is 11.9 Å². The average molecular weight is 582 g/mol. The van der Waals surface area contributed by atoms with Gasteiger partial charge in [0.1, 0.15) is 17.6 Å². The maximum atomic E-state index is 13.0. The van der Waals surface area contributed by atoms with Crippen LogP contribution in [0.25, 0.3) is 5.69 Å². The minimum atomic E-state index is -4.72. The monoisotopic (exact) mass is 581 g/mol. The van der Waals surface area contributed by atoms with E-state index in [0.29, 0.717) is 31.5 Å². The van der Waals surface area contributed by atoms with E-state index < -0.39 is 23.9 Å². The van der Waals surface area contributed by atoms with Crippen molar-refractivity contribution >= 4 is 23.5 Å². The summed E-state index contributed by atoms with van der Waals surface area (Å²) in [7, 11) is 0. The number of hydrogen-bond acceptors (Lipinski definition) is 5. The Bertz CT molecular complexity index is 1520. The summed E-state index contributed by atoms with van der Waals surface area (Å²) in [5, 5.41) is 12.9. The first kappa shape index (κ1) is 30.0. The van der Waals surface area contributed by atoms with Crippen molar-refractivity contribution in [1.29, 1.82) is 0 Å². The fourth-order valence-electron chi connectivity index (χ4n) is 4.32. The summed E-state index contributed by atoms with van der Waals surface area (Å²) < 4.78 is 39.5. The van der Waals surface area contributed by atoms with Crippen LogP contribution < -0.4 is 15.5 Å². The van der Waals surface area contributed by atoms with Crippen LogP contribution >= 0.6 is 0 Å². The Kier molecular flexibility index (Phi) is 9.40. The molecule has 2 aromatic carbocycles. The van der Waals surface area contributed by atoms with Gasteiger partial charge in [-0.05, 0) is 30.7 Å². The van der Waals surface area contributed by atoms with E-state index in [4.69, 9.17) is 0 Å². The van der Waals surface area contributed by atoms with E-state index in [1.807, 2.05) is 67.6 Å². The number of benzene rings is 2. The second kappa shape index (κ2) is 13.1. The highest BCUT2D eigenvalue weighted by Gasteiger charge is 2.37. The summed E-state index contributed by atoms with van der Waals surface area (Å²) in [5.74, 6) is -0.517. The maximum Gasteiger partial charge on any atom is 0.504 e. The minimum Gasteiger partial charge on any atom is -0.352 e. The van der Waals surface area contributed by atoms with E-state index >= 15 is 0 Å². The summed E-state index contributed by atoms with van der Waals surface area (Å²) >= 11 is 0. The second-order valence-electron chi connectivity index (χ2n) is 9.28. The standard InChI is InChI=1S/C19H17F3N6O2.C10H13NO/c1-2-26-17-12(11-23-28(17)13-6-4-3-5-7-13)10-15(18(26)30)24-16(29)14-8-9-27(25-14)19(20,21)22;1-2-10(12)11-8-9-6-4-3-5-7-9/h3-9,11,15H,2,10H2,1H3,(H,24,29);3-7H,2,8H2,1H3,(H,11,12). The largest absolute Gasteiger partial charge is 0.504 e. The number of anilines is 1. The van der Waals surface area contributed by atoms with Gasteiger partial charge >= 0.3 is 6.30 Å². The molecular weight excluding hydrogens is 551 g/mol.